The molecule has 1 aromatic rings. The molecule has 0 atom stereocenters. The van der Waals surface area contributed by atoms with E-state index in [-0.39, 0.29) is 12.5 Å². The van der Waals surface area contributed by atoms with Crippen LogP contribution in [-0.4, -0.2) is 58.3 Å². The molecular weight excluding hydrogens is 344 g/mol. The van der Waals surface area contributed by atoms with Gasteiger partial charge in [-0.05, 0) is 30.9 Å². The predicted molar refractivity (Wildman–Crippen MR) is 94.6 cm³/mol. The summed E-state index contributed by atoms with van der Waals surface area (Å²) in [6, 6.07) is 4.93. The Morgan fingerprint density at radius 2 is 1.84 bits per heavy atom. The Kier molecular flexibility index (Phi) is 5.08. The molecule has 25 heavy (non-hydrogen) atoms. The maximum Gasteiger partial charge on any atom is 0.243 e. The van der Waals surface area contributed by atoms with Crippen molar-refractivity contribution in [3.63, 3.8) is 0 Å². The summed E-state index contributed by atoms with van der Waals surface area (Å²) in [6.07, 6.45) is 3.01. The number of amides is 1. The summed E-state index contributed by atoms with van der Waals surface area (Å²) >= 11 is 0. The first-order valence-electron chi connectivity index (χ1n) is 8.50. The van der Waals surface area contributed by atoms with Crippen LogP contribution >= 0.6 is 0 Å². The summed E-state index contributed by atoms with van der Waals surface area (Å²) in [6.45, 7) is 4.21. The topological polar surface area (TPSA) is 76.2 Å². The summed E-state index contributed by atoms with van der Waals surface area (Å²) in [7, 11) is -3.60. The molecule has 0 radical (unpaired) electrons. The molecule has 2 aliphatic rings. The maximum absolute atomic E-state index is 12.6. The Labute approximate surface area is 148 Å². The molecule has 0 aromatic heterocycles. The van der Waals surface area contributed by atoms with Crippen LogP contribution in [0.5, 0.6) is 11.5 Å². The number of nitrogens with zero attached hydrogens (tertiary/aromatic N) is 2. The number of likely N-dealkylation sites (tertiary alicyclic amines) is 1. The molecule has 0 unspecified atom stereocenters. The Hall–Kier alpha value is -1.96. The quantitative estimate of drug-likeness (QED) is 0.805. The van der Waals surface area contributed by atoms with Crippen molar-refractivity contribution in [1.82, 2.24) is 4.90 Å². The third-order valence-electron chi connectivity index (χ3n) is 4.63. The van der Waals surface area contributed by atoms with E-state index in [4.69, 9.17) is 9.47 Å². The van der Waals surface area contributed by atoms with Gasteiger partial charge in [0.25, 0.3) is 0 Å². The number of piperidine rings is 1. The third-order valence-corrected chi connectivity index (χ3v) is 5.77. The molecule has 138 valence electrons. The van der Waals surface area contributed by atoms with Crippen LogP contribution < -0.4 is 13.8 Å². The van der Waals surface area contributed by atoms with E-state index in [1.807, 2.05) is 0 Å². The highest BCUT2D eigenvalue weighted by Crippen LogP contribution is 2.34. The second-order valence-electron chi connectivity index (χ2n) is 6.66. The van der Waals surface area contributed by atoms with Gasteiger partial charge >= 0.3 is 0 Å². The molecular formula is C17H24N2O5S. The van der Waals surface area contributed by atoms with Gasteiger partial charge in [0.15, 0.2) is 11.5 Å². The summed E-state index contributed by atoms with van der Waals surface area (Å²) in [5, 5.41) is 0. The van der Waals surface area contributed by atoms with Gasteiger partial charge in [0.2, 0.25) is 15.9 Å². The molecule has 0 saturated carbocycles. The van der Waals surface area contributed by atoms with Gasteiger partial charge in [-0.25, -0.2) is 8.42 Å². The molecule has 2 heterocycles. The van der Waals surface area contributed by atoms with Crippen molar-refractivity contribution < 1.29 is 22.7 Å². The number of hydrogen-bond acceptors (Lipinski definition) is 5. The average Bonchev–Trinajstić information content (AvgIpc) is 2.58. The standard InChI is InChI=1S/C17H24N2O5S/c1-13-5-7-18(8-6-13)17(20)12-19(25(2,21)22)14-3-4-15-16(11-14)24-10-9-23-15/h3-4,11,13H,5-10,12H2,1-2H3. The van der Waals surface area contributed by atoms with Crippen molar-refractivity contribution in [1.29, 1.82) is 0 Å². The third kappa shape index (κ3) is 4.18. The van der Waals surface area contributed by atoms with Crippen LogP contribution in [-0.2, 0) is 14.8 Å². The minimum absolute atomic E-state index is 0.174. The number of rotatable bonds is 4. The van der Waals surface area contributed by atoms with Crippen LogP contribution in [0.3, 0.4) is 0 Å². The van der Waals surface area contributed by atoms with E-state index in [1.54, 1.807) is 23.1 Å². The molecule has 1 amide bonds. The number of carbonyl (C=O) groups is 1. The lowest BCUT2D eigenvalue weighted by Crippen LogP contribution is -2.45. The molecule has 2 aliphatic heterocycles. The Balaban J connectivity index is 1.80. The van der Waals surface area contributed by atoms with E-state index < -0.39 is 10.0 Å². The number of hydrogen-bond donors (Lipinski definition) is 0. The number of sulfonamides is 1. The number of anilines is 1. The van der Waals surface area contributed by atoms with Crippen LogP contribution in [0, 0.1) is 5.92 Å². The fourth-order valence-electron chi connectivity index (χ4n) is 3.07. The molecule has 1 fully saturated rings. The van der Waals surface area contributed by atoms with Crippen molar-refractivity contribution in [2.75, 3.05) is 43.4 Å². The largest absolute Gasteiger partial charge is 0.486 e. The Bertz CT molecular complexity index is 741. The molecule has 0 aliphatic carbocycles. The average molecular weight is 368 g/mol. The van der Waals surface area contributed by atoms with Gasteiger partial charge in [-0.1, -0.05) is 6.92 Å². The van der Waals surface area contributed by atoms with Crippen LogP contribution in [0.1, 0.15) is 19.8 Å². The van der Waals surface area contributed by atoms with Gasteiger partial charge in [-0.3, -0.25) is 9.10 Å². The summed E-state index contributed by atoms with van der Waals surface area (Å²) < 4.78 is 36.6. The van der Waals surface area contributed by atoms with E-state index >= 15 is 0 Å². The fraction of sp³-hybridized carbons (Fsp3) is 0.588. The van der Waals surface area contributed by atoms with Crippen LogP contribution in [0.2, 0.25) is 0 Å². The molecule has 8 heteroatoms. The van der Waals surface area contributed by atoms with Crippen molar-refractivity contribution in [3.8, 4) is 11.5 Å². The monoisotopic (exact) mass is 368 g/mol. The van der Waals surface area contributed by atoms with Crippen molar-refractivity contribution in [2.45, 2.75) is 19.8 Å². The lowest BCUT2D eigenvalue weighted by Gasteiger charge is -2.32. The number of fused-ring (bicyclic) bond motifs is 1. The molecule has 0 N–H and O–H groups in total. The maximum atomic E-state index is 12.6. The smallest absolute Gasteiger partial charge is 0.243 e. The van der Waals surface area contributed by atoms with Gasteiger partial charge in [0.1, 0.15) is 19.8 Å². The van der Waals surface area contributed by atoms with E-state index in [1.165, 1.54) is 0 Å². The zero-order chi connectivity index (χ0) is 18.0. The lowest BCUT2D eigenvalue weighted by molar-refractivity contribution is -0.130. The molecule has 0 bridgehead atoms. The molecule has 7 nitrogen and oxygen atoms in total. The SMILES string of the molecule is CC1CCN(C(=O)CN(c2ccc3c(c2)OCCO3)S(C)(=O)=O)CC1. The molecule has 1 saturated heterocycles. The van der Waals surface area contributed by atoms with E-state index in [0.29, 0.717) is 49.4 Å². The lowest BCUT2D eigenvalue weighted by atomic mass is 9.99. The highest BCUT2D eigenvalue weighted by atomic mass is 32.2. The first-order chi connectivity index (χ1) is 11.8. The number of ether oxygens (including phenoxy) is 2. The van der Waals surface area contributed by atoms with Crippen LogP contribution in [0.4, 0.5) is 5.69 Å². The van der Waals surface area contributed by atoms with E-state index in [2.05, 4.69) is 6.92 Å². The van der Waals surface area contributed by atoms with Crippen molar-refractivity contribution >= 4 is 21.6 Å². The first kappa shape index (κ1) is 17.8. The second kappa shape index (κ2) is 7.11. The van der Waals surface area contributed by atoms with Crippen LogP contribution in [0.15, 0.2) is 18.2 Å². The van der Waals surface area contributed by atoms with Crippen molar-refractivity contribution in [3.05, 3.63) is 18.2 Å². The number of benzene rings is 1. The van der Waals surface area contributed by atoms with E-state index in [0.717, 1.165) is 23.4 Å². The first-order valence-corrected chi connectivity index (χ1v) is 10.3. The Morgan fingerprint density at radius 1 is 1.20 bits per heavy atom. The summed E-state index contributed by atoms with van der Waals surface area (Å²) in [5.41, 5.74) is 0.408. The molecule has 0 spiro atoms. The van der Waals surface area contributed by atoms with Gasteiger partial charge in [0, 0.05) is 19.2 Å². The van der Waals surface area contributed by atoms with Gasteiger partial charge < -0.3 is 14.4 Å². The zero-order valence-corrected chi connectivity index (χ0v) is 15.4. The fourth-order valence-corrected chi connectivity index (χ4v) is 3.91. The highest BCUT2D eigenvalue weighted by molar-refractivity contribution is 7.92. The van der Waals surface area contributed by atoms with Crippen molar-refractivity contribution in [2.24, 2.45) is 5.92 Å². The van der Waals surface area contributed by atoms with Gasteiger partial charge in [-0.2, -0.15) is 0 Å². The van der Waals surface area contributed by atoms with Crippen LogP contribution in [0.25, 0.3) is 0 Å². The number of carbonyl (C=O) groups excluding carboxylic acids is 1. The minimum atomic E-state index is -3.60. The normalized spacial score (nSPS) is 18.1. The minimum Gasteiger partial charge on any atom is -0.486 e. The zero-order valence-electron chi connectivity index (χ0n) is 14.6. The van der Waals surface area contributed by atoms with E-state index in [9.17, 15) is 13.2 Å². The second-order valence-corrected chi connectivity index (χ2v) is 8.57. The molecule has 1 aromatic carbocycles. The highest BCUT2D eigenvalue weighted by Gasteiger charge is 2.27. The Morgan fingerprint density at radius 3 is 2.48 bits per heavy atom. The predicted octanol–water partition coefficient (Wildman–Crippen LogP) is 1.48. The summed E-state index contributed by atoms with van der Waals surface area (Å²) in [4.78, 5) is 14.3. The summed E-state index contributed by atoms with van der Waals surface area (Å²) in [5.74, 6) is 1.51. The van der Waals surface area contributed by atoms with Gasteiger partial charge in [0.05, 0.1) is 11.9 Å². The molecule has 3 rings (SSSR count). The van der Waals surface area contributed by atoms with Gasteiger partial charge in [-0.15, -0.1) is 0 Å².